The molecule has 0 saturated heterocycles. The van der Waals surface area contributed by atoms with E-state index in [-0.39, 0.29) is 6.61 Å². The fourth-order valence-electron chi connectivity index (χ4n) is 2.88. The van der Waals surface area contributed by atoms with Gasteiger partial charge in [0, 0.05) is 0 Å². The molecule has 0 fully saturated rings. The molecule has 1 aromatic carbocycles. The number of esters is 1. The van der Waals surface area contributed by atoms with E-state index in [2.05, 4.69) is 37.7 Å². The number of halogens is 3. The Morgan fingerprint density at radius 2 is 1.53 bits per heavy atom. The van der Waals surface area contributed by atoms with E-state index >= 15 is 0 Å². The Balaban J connectivity index is 1.94. The van der Waals surface area contributed by atoms with Gasteiger partial charge in [-0.1, -0.05) is 28.9 Å². The van der Waals surface area contributed by atoms with Crippen molar-refractivity contribution in [2.24, 2.45) is 0 Å². The van der Waals surface area contributed by atoms with E-state index in [9.17, 15) is 18.0 Å². The fourth-order valence-corrected chi connectivity index (χ4v) is 2.88. The molecule has 0 aliphatic carbocycles. The zero-order chi connectivity index (χ0) is 22.3. The van der Waals surface area contributed by atoms with Crippen molar-refractivity contribution in [1.29, 1.82) is 0 Å². The minimum absolute atomic E-state index is 0.147. The van der Waals surface area contributed by atoms with E-state index in [1.165, 1.54) is 11.1 Å². The Kier molecular flexibility index (Phi) is 8.57. The zero-order valence-corrected chi connectivity index (χ0v) is 17.7. The predicted molar refractivity (Wildman–Crippen MR) is 108 cm³/mol. The second kappa shape index (κ2) is 10.9. The Labute approximate surface area is 175 Å². The van der Waals surface area contributed by atoms with Crippen molar-refractivity contribution in [1.82, 2.24) is 0 Å². The molecule has 0 N–H and O–H groups in total. The van der Waals surface area contributed by atoms with Gasteiger partial charge in [-0.15, -0.1) is 0 Å². The highest BCUT2D eigenvalue weighted by molar-refractivity contribution is 5.94. The summed E-state index contributed by atoms with van der Waals surface area (Å²) in [6, 6.07) is 0. The average Bonchev–Trinajstić information content (AvgIpc) is 2.68. The SMILES string of the molecule is CC(C)=CCC/C(C)=C/CC/C(C)=C/COc1c(F)c(F)c2c(c1F)OCOC2=O. The molecule has 0 saturated carbocycles. The molecular formula is C23H27F3O4. The lowest BCUT2D eigenvalue weighted by atomic mass is 10.1. The standard InChI is InChI=1S/C23H27F3O4/c1-14(2)7-5-8-15(3)9-6-10-16(4)11-12-28-22-19(25)18(24)17-21(20(22)26)29-13-30-23(17)27/h7,9,11H,5-6,8,10,12-13H2,1-4H3/b15-9+,16-11+. The van der Waals surface area contributed by atoms with Crippen molar-refractivity contribution >= 4 is 5.97 Å². The summed E-state index contributed by atoms with van der Waals surface area (Å²) in [5.41, 5.74) is 2.69. The molecule has 7 heteroatoms. The first kappa shape index (κ1) is 23.6. The number of hydrogen-bond donors (Lipinski definition) is 0. The number of ether oxygens (including phenoxy) is 3. The Morgan fingerprint density at radius 1 is 0.900 bits per heavy atom. The van der Waals surface area contributed by atoms with Gasteiger partial charge in [0.2, 0.25) is 18.4 Å². The van der Waals surface area contributed by atoms with Crippen LogP contribution in [0.1, 0.15) is 63.7 Å². The van der Waals surface area contributed by atoms with Crippen molar-refractivity contribution in [3.8, 4) is 11.5 Å². The van der Waals surface area contributed by atoms with Crippen molar-refractivity contribution in [2.75, 3.05) is 13.4 Å². The van der Waals surface area contributed by atoms with Gasteiger partial charge in [0.05, 0.1) is 0 Å². The summed E-state index contributed by atoms with van der Waals surface area (Å²) in [4.78, 5) is 11.5. The molecule has 4 nitrogen and oxygen atoms in total. The number of carbonyl (C=O) groups is 1. The third-order valence-electron chi connectivity index (χ3n) is 4.62. The van der Waals surface area contributed by atoms with Crippen molar-refractivity contribution in [2.45, 2.75) is 53.4 Å². The molecule has 2 rings (SSSR count). The lowest BCUT2D eigenvalue weighted by Gasteiger charge is -2.19. The molecule has 30 heavy (non-hydrogen) atoms. The maximum absolute atomic E-state index is 14.4. The molecular weight excluding hydrogens is 397 g/mol. The van der Waals surface area contributed by atoms with Crippen LogP contribution in [0.25, 0.3) is 0 Å². The molecule has 0 atom stereocenters. The van der Waals surface area contributed by atoms with Gasteiger partial charge in [-0.3, -0.25) is 0 Å². The molecule has 1 aliphatic heterocycles. The number of rotatable bonds is 9. The van der Waals surface area contributed by atoms with Crippen LogP contribution in [0.3, 0.4) is 0 Å². The molecule has 164 valence electrons. The lowest BCUT2D eigenvalue weighted by Crippen LogP contribution is -2.22. The van der Waals surface area contributed by atoms with E-state index in [1.54, 1.807) is 6.08 Å². The molecule has 0 radical (unpaired) electrons. The van der Waals surface area contributed by atoms with Crippen LogP contribution in [0, 0.1) is 17.5 Å². The smallest absolute Gasteiger partial charge is 0.348 e. The average molecular weight is 424 g/mol. The number of fused-ring (bicyclic) bond motifs is 1. The zero-order valence-electron chi connectivity index (χ0n) is 17.7. The van der Waals surface area contributed by atoms with Crippen molar-refractivity contribution in [3.05, 3.63) is 58.0 Å². The molecule has 1 aliphatic rings. The Morgan fingerprint density at radius 3 is 2.20 bits per heavy atom. The third-order valence-corrected chi connectivity index (χ3v) is 4.62. The van der Waals surface area contributed by atoms with E-state index < -0.39 is 47.3 Å². The normalized spacial score (nSPS) is 14.0. The summed E-state index contributed by atoms with van der Waals surface area (Å²) >= 11 is 0. The first-order valence-electron chi connectivity index (χ1n) is 9.80. The van der Waals surface area contributed by atoms with E-state index in [4.69, 9.17) is 9.47 Å². The van der Waals surface area contributed by atoms with Crippen LogP contribution in [0.5, 0.6) is 11.5 Å². The van der Waals surface area contributed by atoms with Crippen molar-refractivity contribution < 1.29 is 32.2 Å². The molecule has 0 bridgehead atoms. The van der Waals surface area contributed by atoms with E-state index in [0.717, 1.165) is 31.3 Å². The topological polar surface area (TPSA) is 44.8 Å². The second-order valence-corrected chi connectivity index (χ2v) is 7.44. The summed E-state index contributed by atoms with van der Waals surface area (Å²) in [5.74, 6) is -7.20. The first-order valence-corrected chi connectivity index (χ1v) is 9.80. The van der Waals surface area contributed by atoms with Crippen LogP contribution in [0.4, 0.5) is 13.2 Å². The first-order chi connectivity index (χ1) is 14.2. The van der Waals surface area contributed by atoms with Crippen LogP contribution >= 0.6 is 0 Å². The number of cyclic esters (lactones) is 1. The molecule has 0 aromatic heterocycles. The number of hydrogen-bond acceptors (Lipinski definition) is 4. The molecule has 0 spiro atoms. The van der Waals surface area contributed by atoms with Crippen LogP contribution < -0.4 is 9.47 Å². The Hall–Kier alpha value is -2.70. The van der Waals surface area contributed by atoms with Crippen LogP contribution in [-0.2, 0) is 4.74 Å². The summed E-state index contributed by atoms with van der Waals surface area (Å²) < 4.78 is 57.1. The maximum Gasteiger partial charge on any atom is 0.348 e. The predicted octanol–water partition coefficient (Wildman–Crippen LogP) is 6.41. The Bertz CT molecular complexity index is 881. The maximum atomic E-state index is 14.4. The lowest BCUT2D eigenvalue weighted by molar-refractivity contribution is 0.00177. The third kappa shape index (κ3) is 6.15. The van der Waals surface area contributed by atoms with Gasteiger partial charge in [0.15, 0.2) is 17.3 Å². The fraction of sp³-hybridized carbons (Fsp3) is 0.435. The highest BCUT2D eigenvalue weighted by Gasteiger charge is 2.34. The number of benzene rings is 1. The van der Waals surface area contributed by atoms with Gasteiger partial charge in [-0.25, -0.2) is 9.18 Å². The molecule has 0 unspecified atom stereocenters. The van der Waals surface area contributed by atoms with E-state index in [0.29, 0.717) is 0 Å². The summed E-state index contributed by atoms with van der Waals surface area (Å²) in [5, 5.41) is 0. The van der Waals surface area contributed by atoms with Gasteiger partial charge >= 0.3 is 5.97 Å². The quantitative estimate of drug-likeness (QED) is 0.261. The van der Waals surface area contributed by atoms with Crippen LogP contribution in [-0.4, -0.2) is 19.4 Å². The minimum atomic E-state index is -1.59. The number of carbonyl (C=O) groups excluding carboxylic acids is 1. The number of allylic oxidation sites excluding steroid dienone is 5. The van der Waals surface area contributed by atoms with Gasteiger partial charge in [-0.05, 0) is 59.5 Å². The molecule has 1 aromatic rings. The highest BCUT2D eigenvalue weighted by atomic mass is 19.2. The van der Waals surface area contributed by atoms with Gasteiger partial charge < -0.3 is 14.2 Å². The summed E-state index contributed by atoms with van der Waals surface area (Å²) in [7, 11) is 0. The van der Waals surface area contributed by atoms with Gasteiger partial charge in [0.1, 0.15) is 12.2 Å². The monoisotopic (exact) mass is 424 g/mol. The van der Waals surface area contributed by atoms with Crippen LogP contribution in [0.15, 0.2) is 34.9 Å². The minimum Gasteiger partial charge on any atom is -0.483 e. The summed E-state index contributed by atoms with van der Waals surface area (Å²) in [6.07, 6.45) is 9.69. The summed E-state index contributed by atoms with van der Waals surface area (Å²) in [6.45, 7) is 7.41. The largest absolute Gasteiger partial charge is 0.483 e. The van der Waals surface area contributed by atoms with Gasteiger partial charge in [0.25, 0.3) is 0 Å². The van der Waals surface area contributed by atoms with Gasteiger partial charge in [-0.2, -0.15) is 8.78 Å². The van der Waals surface area contributed by atoms with Crippen molar-refractivity contribution in [3.63, 3.8) is 0 Å². The molecule has 0 amide bonds. The highest BCUT2D eigenvalue weighted by Crippen LogP contribution is 2.38. The molecule has 1 heterocycles. The van der Waals surface area contributed by atoms with Crippen LogP contribution in [0.2, 0.25) is 0 Å². The van der Waals surface area contributed by atoms with E-state index in [1.807, 2.05) is 6.92 Å². The second-order valence-electron chi connectivity index (χ2n) is 7.44.